The number of aryl methyl sites for hydroxylation is 2. The fourth-order valence-corrected chi connectivity index (χ4v) is 3.31. The van der Waals surface area contributed by atoms with Gasteiger partial charge in [0.05, 0.1) is 12.6 Å². The molecule has 23 heavy (non-hydrogen) atoms. The van der Waals surface area contributed by atoms with Crippen molar-refractivity contribution in [3.63, 3.8) is 0 Å². The molecule has 4 aromatic rings. The summed E-state index contributed by atoms with van der Waals surface area (Å²) in [5, 5.41) is 3.68. The zero-order valence-corrected chi connectivity index (χ0v) is 13.5. The van der Waals surface area contributed by atoms with Crippen molar-refractivity contribution in [3.8, 4) is 11.4 Å². The number of methoxy groups -OCH3 is 1. The molecule has 0 N–H and O–H groups in total. The minimum atomic E-state index is 0.867. The second kappa shape index (κ2) is 5.13. The summed E-state index contributed by atoms with van der Waals surface area (Å²) in [6, 6.07) is 16.5. The zero-order chi connectivity index (χ0) is 16.0. The Morgan fingerprint density at radius 3 is 2.39 bits per heavy atom. The summed E-state index contributed by atoms with van der Waals surface area (Å²) in [7, 11) is 1.69. The van der Waals surface area contributed by atoms with Crippen LogP contribution in [0.1, 0.15) is 11.4 Å². The number of nitrogens with zero attached hydrogens (tertiary/aromatic N) is 2. The van der Waals surface area contributed by atoms with Crippen molar-refractivity contribution in [1.82, 2.24) is 9.55 Å². The van der Waals surface area contributed by atoms with Crippen LogP contribution in [0.3, 0.4) is 0 Å². The van der Waals surface area contributed by atoms with Gasteiger partial charge in [-0.05, 0) is 44.2 Å². The highest BCUT2D eigenvalue weighted by Gasteiger charge is 2.13. The van der Waals surface area contributed by atoms with Gasteiger partial charge < -0.3 is 9.30 Å². The highest BCUT2D eigenvalue weighted by Crippen LogP contribution is 2.32. The summed E-state index contributed by atoms with van der Waals surface area (Å²) in [6.45, 7) is 4.23. The predicted octanol–water partition coefficient (Wildman–Crippen LogP) is 4.80. The smallest absolute Gasteiger partial charge is 0.119 e. The molecule has 0 amide bonds. The molecule has 0 aliphatic carbocycles. The summed E-state index contributed by atoms with van der Waals surface area (Å²) in [5.74, 6) is 0.867. The molecular formula is C20H18N2O. The van der Waals surface area contributed by atoms with E-state index in [0.29, 0.717) is 0 Å². The van der Waals surface area contributed by atoms with Crippen LogP contribution in [0.5, 0.6) is 5.75 Å². The average Bonchev–Trinajstić information content (AvgIpc) is 2.93. The molecule has 0 spiro atoms. The van der Waals surface area contributed by atoms with Gasteiger partial charge in [0, 0.05) is 39.4 Å². The zero-order valence-electron chi connectivity index (χ0n) is 13.5. The molecule has 3 nitrogen and oxygen atoms in total. The van der Waals surface area contributed by atoms with Crippen molar-refractivity contribution < 1.29 is 4.74 Å². The van der Waals surface area contributed by atoms with Crippen LogP contribution in [0.15, 0.2) is 54.7 Å². The van der Waals surface area contributed by atoms with E-state index in [2.05, 4.69) is 54.9 Å². The largest absolute Gasteiger partial charge is 0.497 e. The summed E-state index contributed by atoms with van der Waals surface area (Å²) < 4.78 is 7.48. The Morgan fingerprint density at radius 2 is 1.65 bits per heavy atom. The standard InChI is InChI=1S/C20H18N2O/c1-13-20-14(2)22(15-8-10-16(23-3)11-9-15)12-18(20)17-6-4-5-7-19(17)21-13/h4-12H,1-3H3. The normalized spacial score (nSPS) is 11.3. The van der Waals surface area contributed by atoms with Gasteiger partial charge in [0.1, 0.15) is 5.75 Å². The molecule has 114 valence electrons. The SMILES string of the molecule is COc1ccc(-n2cc3c(c(C)nc4ccccc43)c2C)cc1. The Balaban J connectivity index is 2.03. The minimum Gasteiger partial charge on any atom is -0.497 e. The summed E-state index contributed by atoms with van der Waals surface area (Å²) in [4.78, 5) is 4.77. The van der Waals surface area contributed by atoms with Crippen molar-refractivity contribution in [1.29, 1.82) is 0 Å². The lowest BCUT2D eigenvalue weighted by atomic mass is 10.1. The fourth-order valence-electron chi connectivity index (χ4n) is 3.31. The number of hydrogen-bond donors (Lipinski definition) is 0. The Bertz CT molecular complexity index is 1010. The Morgan fingerprint density at radius 1 is 0.913 bits per heavy atom. The Labute approximate surface area is 135 Å². The lowest BCUT2D eigenvalue weighted by molar-refractivity contribution is 0.414. The van der Waals surface area contributed by atoms with E-state index >= 15 is 0 Å². The van der Waals surface area contributed by atoms with Crippen LogP contribution >= 0.6 is 0 Å². The Kier molecular flexibility index (Phi) is 3.08. The average molecular weight is 302 g/mol. The molecule has 3 heteroatoms. The van der Waals surface area contributed by atoms with Crippen LogP contribution in [0.25, 0.3) is 27.4 Å². The first-order valence-electron chi connectivity index (χ1n) is 7.70. The topological polar surface area (TPSA) is 27.1 Å². The monoisotopic (exact) mass is 302 g/mol. The van der Waals surface area contributed by atoms with Crippen molar-refractivity contribution in [2.75, 3.05) is 7.11 Å². The molecule has 2 heterocycles. The maximum atomic E-state index is 5.25. The van der Waals surface area contributed by atoms with Gasteiger partial charge >= 0.3 is 0 Å². The van der Waals surface area contributed by atoms with Gasteiger partial charge in [0.2, 0.25) is 0 Å². The van der Waals surface area contributed by atoms with Crippen LogP contribution in [-0.4, -0.2) is 16.7 Å². The number of ether oxygens (including phenoxy) is 1. The van der Waals surface area contributed by atoms with E-state index in [1.54, 1.807) is 7.11 Å². The second-order valence-electron chi connectivity index (χ2n) is 5.79. The number of benzene rings is 2. The molecule has 0 bridgehead atoms. The van der Waals surface area contributed by atoms with Crippen LogP contribution in [0.4, 0.5) is 0 Å². The van der Waals surface area contributed by atoms with Crippen LogP contribution in [0, 0.1) is 13.8 Å². The van der Waals surface area contributed by atoms with Gasteiger partial charge in [0.25, 0.3) is 0 Å². The first-order chi connectivity index (χ1) is 11.2. The number of fused-ring (bicyclic) bond motifs is 3. The number of rotatable bonds is 2. The van der Waals surface area contributed by atoms with E-state index in [1.165, 1.54) is 21.9 Å². The number of aromatic nitrogens is 2. The number of hydrogen-bond acceptors (Lipinski definition) is 2. The van der Waals surface area contributed by atoms with Crippen molar-refractivity contribution in [2.24, 2.45) is 0 Å². The van der Waals surface area contributed by atoms with Gasteiger partial charge in [-0.2, -0.15) is 0 Å². The van der Waals surface area contributed by atoms with E-state index in [4.69, 9.17) is 9.72 Å². The minimum absolute atomic E-state index is 0.867. The highest BCUT2D eigenvalue weighted by molar-refractivity contribution is 6.08. The van der Waals surface area contributed by atoms with E-state index in [1.807, 2.05) is 18.2 Å². The van der Waals surface area contributed by atoms with Crippen molar-refractivity contribution >= 4 is 21.7 Å². The van der Waals surface area contributed by atoms with Gasteiger partial charge in [-0.3, -0.25) is 4.98 Å². The third-order valence-corrected chi connectivity index (χ3v) is 4.45. The third-order valence-electron chi connectivity index (χ3n) is 4.45. The quantitative estimate of drug-likeness (QED) is 0.531. The van der Waals surface area contributed by atoms with Gasteiger partial charge in [-0.15, -0.1) is 0 Å². The predicted molar refractivity (Wildman–Crippen MR) is 94.6 cm³/mol. The lowest BCUT2D eigenvalue weighted by Crippen LogP contribution is -1.95. The molecule has 0 saturated carbocycles. The fraction of sp³-hybridized carbons (Fsp3) is 0.150. The van der Waals surface area contributed by atoms with E-state index < -0.39 is 0 Å². The van der Waals surface area contributed by atoms with Crippen molar-refractivity contribution in [3.05, 3.63) is 66.1 Å². The van der Waals surface area contributed by atoms with E-state index in [9.17, 15) is 0 Å². The summed E-state index contributed by atoms with van der Waals surface area (Å²) >= 11 is 0. The molecular weight excluding hydrogens is 284 g/mol. The first-order valence-corrected chi connectivity index (χ1v) is 7.70. The van der Waals surface area contributed by atoms with Gasteiger partial charge in [-0.1, -0.05) is 18.2 Å². The second-order valence-corrected chi connectivity index (χ2v) is 5.79. The molecule has 4 rings (SSSR count). The molecule has 2 aromatic heterocycles. The number of pyridine rings is 1. The lowest BCUT2D eigenvalue weighted by Gasteiger charge is -2.07. The molecule has 0 unspecified atom stereocenters. The maximum Gasteiger partial charge on any atom is 0.119 e. The van der Waals surface area contributed by atoms with E-state index in [-0.39, 0.29) is 0 Å². The van der Waals surface area contributed by atoms with Crippen LogP contribution < -0.4 is 4.74 Å². The molecule has 0 atom stereocenters. The Hall–Kier alpha value is -2.81. The molecule has 2 aromatic carbocycles. The first kappa shape index (κ1) is 13.8. The molecule has 0 aliphatic rings. The third kappa shape index (κ3) is 2.08. The van der Waals surface area contributed by atoms with Gasteiger partial charge in [-0.25, -0.2) is 0 Å². The summed E-state index contributed by atoms with van der Waals surface area (Å²) in [6.07, 6.45) is 2.21. The van der Waals surface area contributed by atoms with Crippen molar-refractivity contribution in [2.45, 2.75) is 13.8 Å². The molecule has 0 fully saturated rings. The van der Waals surface area contributed by atoms with Crippen LogP contribution in [0.2, 0.25) is 0 Å². The van der Waals surface area contributed by atoms with Crippen LogP contribution in [-0.2, 0) is 0 Å². The van der Waals surface area contributed by atoms with Gasteiger partial charge in [0.15, 0.2) is 0 Å². The number of para-hydroxylation sites is 1. The highest BCUT2D eigenvalue weighted by atomic mass is 16.5. The van der Waals surface area contributed by atoms with E-state index in [0.717, 1.165) is 22.6 Å². The maximum absolute atomic E-state index is 5.25. The molecule has 0 aliphatic heterocycles. The molecule has 0 radical (unpaired) electrons. The summed E-state index contributed by atoms with van der Waals surface area (Å²) in [5.41, 5.74) is 4.46. The molecule has 0 saturated heterocycles.